The number of rotatable bonds is 5. The molecule has 3 aromatic rings. The molecule has 0 aromatic carbocycles. The average Bonchev–Trinajstić information content (AvgIpc) is 3.05. The summed E-state index contributed by atoms with van der Waals surface area (Å²) in [5.74, 6) is 1.47. The molecule has 126 valence electrons. The van der Waals surface area contributed by atoms with E-state index in [1.54, 1.807) is 18.5 Å². The maximum absolute atomic E-state index is 10.7. The van der Waals surface area contributed by atoms with Gasteiger partial charge in [0.25, 0.3) is 0 Å². The summed E-state index contributed by atoms with van der Waals surface area (Å²) in [6, 6.07) is 7.53. The summed E-state index contributed by atoms with van der Waals surface area (Å²) < 4.78 is 7.85. The molecule has 7 nitrogen and oxygen atoms in total. The Hall–Kier alpha value is -3.22. The van der Waals surface area contributed by atoms with Gasteiger partial charge in [-0.2, -0.15) is 5.10 Å². The minimum atomic E-state index is 0.0811. The van der Waals surface area contributed by atoms with Crippen LogP contribution < -0.4 is 14.3 Å². The highest BCUT2D eigenvalue weighted by atomic mass is 16.5. The van der Waals surface area contributed by atoms with Gasteiger partial charge in [-0.1, -0.05) is 0 Å². The molecule has 3 aromatic heterocycles. The smallest absolute Gasteiger partial charge is 0.214 e. The van der Waals surface area contributed by atoms with Crippen molar-refractivity contribution < 1.29 is 14.2 Å². The van der Waals surface area contributed by atoms with Crippen molar-refractivity contribution in [1.82, 2.24) is 15.1 Å². The number of anilines is 1. The molecule has 0 spiro atoms. The van der Waals surface area contributed by atoms with Crippen molar-refractivity contribution in [1.29, 1.82) is 0 Å². The highest BCUT2D eigenvalue weighted by Gasteiger charge is 2.29. The number of aryl methyl sites for hydroxylation is 1. The first-order chi connectivity index (χ1) is 12.2. The fourth-order valence-corrected chi connectivity index (χ4v) is 2.79. The third kappa shape index (κ3) is 3.21. The molecule has 0 saturated carbocycles. The monoisotopic (exact) mass is 336 g/mol. The Morgan fingerprint density at radius 1 is 1.28 bits per heavy atom. The lowest BCUT2D eigenvalue weighted by molar-refractivity contribution is -0.726. The van der Waals surface area contributed by atoms with E-state index < -0.39 is 0 Å². The van der Waals surface area contributed by atoms with Crippen molar-refractivity contribution in [2.75, 3.05) is 18.0 Å². The molecular formula is C18H18N5O2+. The standard InChI is InChI=1S/C18H17N5O2/c1-22-9-15(8-21-22)14-4-5-19-18(6-14)25-16-10-23(11-16)17-3-2-13(12-24)7-20-17/h2-9,12,16H,10-11H2,1H3/p+1. The second-order valence-corrected chi connectivity index (χ2v) is 6.06. The molecule has 0 amide bonds. The number of nitrogens with one attached hydrogen (secondary N) is 1. The summed E-state index contributed by atoms with van der Waals surface area (Å²) >= 11 is 0. The lowest BCUT2D eigenvalue weighted by atomic mass is 10.1. The Kier molecular flexibility index (Phi) is 3.89. The predicted molar refractivity (Wildman–Crippen MR) is 91.5 cm³/mol. The van der Waals surface area contributed by atoms with E-state index in [1.807, 2.05) is 42.3 Å². The van der Waals surface area contributed by atoms with Crippen molar-refractivity contribution in [3.05, 3.63) is 54.6 Å². The van der Waals surface area contributed by atoms with Crippen LogP contribution in [0.2, 0.25) is 0 Å². The predicted octanol–water partition coefficient (Wildman–Crippen LogP) is 1.38. The van der Waals surface area contributed by atoms with Gasteiger partial charge in [-0.05, 0) is 23.8 Å². The zero-order valence-electron chi connectivity index (χ0n) is 13.8. The second kappa shape index (κ2) is 6.35. The third-order valence-electron chi connectivity index (χ3n) is 4.19. The molecule has 1 aliphatic heterocycles. The summed E-state index contributed by atoms with van der Waals surface area (Å²) in [6.07, 6.45) is 8.17. The highest BCUT2D eigenvalue weighted by Crippen LogP contribution is 2.24. The van der Waals surface area contributed by atoms with Gasteiger partial charge >= 0.3 is 0 Å². The number of ether oxygens (including phenoxy) is 1. The van der Waals surface area contributed by atoms with Crippen LogP contribution in [0, 0.1) is 0 Å². The van der Waals surface area contributed by atoms with Crippen LogP contribution in [0.5, 0.6) is 5.88 Å². The Morgan fingerprint density at radius 3 is 2.84 bits per heavy atom. The van der Waals surface area contributed by atoms with Gasteiger partial charge < -0.3 is 9.64 Å². The van der Waals surface area contributed by atoms with Crippen molar-refractivity contribution in [3.63, 3.8) is 0 Å². The Morgan fingerprint density at radius 2 is 2.16 bits per heavy atom. The molecule has 0 bridgehead atoms. The van der Waals surface area contributed by atoms with Crippen LogP contribution in [0.25, 0.3) is 11.1 Å². The minimum absolute atomic E-state index is 0.0811. The molecule has 0 radical (unpaired) electrons. The van der Waals surface area contributed by atoms with Gasteiger partial charge in [0.15, 0.2) is 13.3 Å². The number of carbonyl (C=O) groups is 1. The summed E-state index contributed by atoms with van der Waals surface area (Å²) in [4.78, 5) is 21.4. The van der Waals surface area contributed by atoms with Crippen LogP contribution in [0.1, 0.15) is 10.4 Å². The van der Waals surface area contributed by atoms with Gasteiger partial charge in [0.05, 0.1) is 24.8 Å². The summed E-state index contributed by atoms with van der Waals surface area (Å²) in [6.45, 7) is 1.50. The molecule has 0 atom stereocenters. The van der Waals surface area contributed by atoms with Gasteiger partial charge in [-0.15, -0.1) is 4.68 Å². The van der Waals surface area contributed by atoms with Crippen LogP contribution >= 0.6 is 0 Å². The average molecular weight is 336 g/mol. The molecule has 1 aliphatic rings. The van der Waals surface area contributed by atoms with Crippen LogP contribution in [0.3, 0.4) is 0 Å². The van der Waals surface area contributed by atoms with Crippen LogP contribution in [0.4, 0.5) is 5.82 Å². The number of hydrogen-bond donors (Lipinski definition) is 1. The molecule has 7 heteroatoms. The largest absolute Gasteiger partial charge is 0.471 e. The summed E-state index contributed by atoms with van der Waals surface area (Å²) in [5.41, 5.74) is 2.73. The first kappa shape index (κ1) is 15.3. The van der Waals surface area contributed by atoms with E-state index in [9.17, 15) is 4.79 Å². The van der Waals surface area contributed by atoms with Crippen molar-refractivity contribution in [2.24, 2.45) is 7.05 Å². The molecule has 0 unspecified atom stereocenters. The SMILES string of the molecule is C[n+]1cc(-c2ccnc(OC3CN(c4ccc(C=O)cn4)C3)c2)c[nH]1. The number of aromatic amines is 1. The Bertz CT molecular complexity index is 884. The molecule has 1 saturated heterocycles. The van der Waals surface area contributed by atoms with Gasteiger partial charge in [-0.25, -0.2) is 9.97 Å². The van der Waals surface area contributed by atoms with E-state index in [0.29, 0.717) is 11.4 Å². The van der Waals surface area contributed by atoms with E-state index >= 15 is 0 Å². The summed E-state index contributed by atoms with van der Waals surface area (Å²) in [7, 11) is 1.95. The number of aldehydes is 1. The normalized spacial score (nSPS) is 14.2. The fourth-order valence-electron chi connectivity index (χ4n) is 2.79. The van der Waals surface area contributed by atoms with Crippen LogP contribution in [-0.4, -0.2) is 40.5 Å². The third-order valence-corrected chi connectivity index (χ3v) is 4.19. The van der Waals surface area contributed by atoms with E-state index in [4.69, 9.17) is 4.74 Å². The first-order valence-electron chi connectivity index (χ1n) is 8.04. The van der Waals surface area contributed by atoms with E-state index in [2.05, 4.69) is 20.0 Å². The molecular weight excluding hydrogens is 318 g/mol. The van der Waals surface area contributed by atoms with E-state index in [0.717, 1.165) is 36.3 Å². The van der Waals surface area contributed by atoms with Gasteiger partial charge in [-0.3, -0.25) is 4.79 Å². The number of aromatic nitrogens is 4. The number of hydrogen-bond acceptors (Lipinski definition) is 5. The lowest BCUT2D eigenvalue weighted by Gasteiger charge is -2.39. The molecule has 25 heavy (non-hydrogen) atoms. The van der Waals surface area contributed by atoms with Crippen molar-refractivity contribution in [2.45, 2.75) is 6.10 Å². The van der Waals surface area contributed by atoms with Crippen LogP contribution in [-0.2, 0) is 7.05 Å². The van der Waals surface area contributed by atoms with E-state index in [1.165, 1.54) is 0 Å². The molecule has 4 rings (SSSR count). The minimum Gasteiger partial charge on any atom is -0.471 e. The number of carbonyl (C=O) groups excluding carboxylic acids is 1. The first-order valence-corrected chi connectivity index (χ1v) is 8.04. The summed E-state index contributed by atoms with van der Waals surface area (Å²) in [5, 5.41) is 3.10. The number of pyridine rings is 2. The molecule has 4 heterocycles. The molecule has 1 fully saturated rings. The van der Waals surface area contributed by atoms with Gasteiger partial charge in [0.2, 0.25) is 12.1 Å². The lowest BCUT2D eigenvalue weighted by Crippen LogP contribution is -2.54. The van der Waals surface area contributed by atoms with Crippen LogP contribution in [0.15, 0.2) is 49.1 Å². The maximum atomic E-state index is 10.7. The highest BCUT2D eigenvalue weighted by molar-refractivity contribution is 5.74. The number of H-pyrrole nitrogens is 1. The topological polar surface area (TPSA) is 75.0 Å². The quantitative estimate of drug-likeness (QED) is 0.563. The zero-order chi connectivity index (χ0) is 17.2. The van der Waals surface area contributed by atoms with Crippen molar-refractivity contribution in [3.8, 4) is 17.0 Å². The van der Waals surface area contributed by atoms with Gasteiger partial charge in [0, 0.05) is 24.0 Å². The molecule has 1 N–H and O–H groups in total. The van der Waals surface area contributed by atoms with Gasteiger partial charge in [0.1, 0.15) is 11.9 Å². The van der Waals surface area contributed by atoms with E-state index in [-0.39, 0.29) is 6.10 Å². The Balaban J connectivity index is 1.38. The Labute approximate surface area is 144 Å². The molecule has 0 aliphatic carbocycles. The maximum Gasteiger partial charge on any atom is 0.214 e. The number of nitrogens with zero attached hydrogens (tertiary/aromatic N) is 4. The zero-order valence-corrected chi connectivity index (χ0v) is 13.8. The van der Waals surface area contributed by atoms with Crippen molar-refractivity contribution >= 4 is 12.1 Å². The fraction of sp³-hybridized carbons (Fsp3) is 0.222. The second-order valence-electron chi connectivity index (χ2n) is 6.06.